The van der Waals surface area contributed by atoms with E-state index in [2.05, 4.69) is 113 Å². The van der Waals surface area contributed by atoms with Crippen molar-refractivity contribution in [2.75, 3.05) is 0 Å². The van der Waals surface area contributed by atoms with Gasteiger partial charge in [-0.3, -0.25) is 0 Å². The molecule has 5 aromatic rings. The van der Waals surface area contributed by atoms with Crippen LogP contribution in [0.1, 0.15) is 50.4 Å². The highest BCUT2D eigenvalue weighted by molar-refractivity contribution is 5.75. The van der Waals surface area contributed by atoms with Crippen molar-refractivity contribution in [1.82, 2.24) is 15.0 Å². The van der Waals surface area contributed by atoms with Crippen LogP contribution in [-0.2, 0) is 0 Å². The first-order valence-electron chi connectivity index (χ1n) is 11.5. The third kappa shape index (κ3) is 4.07. The van der Waals surface area contributed by atoms with Gasteiger partial charge < -0.3 is 0 Å². The second-order valence-corrected chi connectivity index (χ2v) is 9.22. The maximum Gasteiger partial charge on any atom is 0.113 e. The average molecular weight is 432 g/mol. The molecule has 0 bridgehead atoms. The van der Waals surface area contributed by atoms with Crippen molar-refractivity contribution < 1.29 is 0 Å². The lowest BCUT2D eigenvalue weighted by atomic mass is 9.84. The largest absolute Gasteiger partial charge is 0.150 e. The molecule has 0 aliphatic carbocycles. The molecule has 0 aliphatic rings. The Morgan fingerprint density at radius 2 is 1.09 bits per heavy atom. The van der Waals surface area contributed by atoms with E-state index in [0.717, 1.165) is 16.7 Å². The minimum atomic E-state index is 0.142. The van der Waals surface area contributed by atoms with Gasteiger partial charge in [0.2, 0.25) is 0 Å². The van der Waals surface area contributed by atoms with Crippen molar-refractivity contribution in [1.29, 1.82) is 0 Å². The Balaban J connectivity index is 1.64. The molecule has 0 N–H and O–H groups in total. The fraction of sp³-hybridized carbons (Fsp3) is 0.200. The van der Waals surface area contributed by atoms with Crippen LogP contribution in [-0.4, -0.2) is 15.0 Å². The van der Waals surface area contributed by atoms with Gasteiger partial charge >= 0.3 is 0 Å². The smallest absolute Gasteiger partial charge is 0.113 e. The molecule has 0 saturated carbocycles. The van der Waals surface area contributed by atoms with Crippen LogP contribution in [0, 0.1) is 34.6 Å². The first-order chi connectivity index (χ1) is 15.9. The third-order valence-corrected chi connectivity index (χ3v) is 6.56. The van der Waals surface area contributed by atoms with Crippen molar-refractivity contribution in [3.05, 3.63) is 123 Å². The fourth-order valence-corrected chi connectivity index (χ4v) is 4.54. The molecule has 5 rings (SSSR count). The topological polar surface area (TPSA) is 30.7 Å². The zero-order valence-corrected chi connectivity index (χ0v) is 19.9. The summed E-state index contributed by atoms with van der Waals surface area (Å²) in [4.78, 5) is 1.79. The van der Waals surface area contributed by atoms with E-state index in [1.54, 1.807) is 4.80 Å². The van der Waals surface area contributed by atoms with Gasteiger partial charge in [-0.2, -0.15) is 4.80 Å². The van der Waals surface area contributed by atoms with E-state index >= 15 is 0 Å². The second kappa shape index (κ2) is 8.32. The van der Waals surface area contributed by atoms with Gasteiger partial charge in [-0.15, -0.1) is 10.2 Å². The van der Waals surface area contributed by atoms with Gasteiger partial charge in [0.15, 0.2) is 0 Å². The van der Waals surface area contributed by atoms with Crippen molar-refractivity contribution in [2.24, 2.45) is 0 Å². The first kappa shape index (κ1) is 21.1. The van der Waals surface area contributed by atoms with Crippen LogP contribution in [0.5, 0.6) is 0 Å². The van der Waals surface area contributed by atoms with Gasteiger partial charge in [0.25, 0.3) is 0 Å². The molecule has 1 aromatic heterocycles. The number of rotatable bonds is 4. The molecular formula is C30H29N3. The molecule has 0 fully saturated rings. The van der Waals surface area contributed by atoms with Crippen LogP contribution in [0.25, 0.3) is 16.7 Å². The molecule has 3 heteroatoms. The third-order valence-electron chi connectivity index (χ3n) is 6.56. The molecule has 4 aromatic carbocycles. The summed E-state index contributed by atoms with van der Waals surface area (Å²) < 4.78 is 0. The predicted molar refractivity (Wildman–Crippen MR) is 136 cm³/mol. The summed E-state index contributed by atoms with van der Waals surface area (Å²) in [6.07, 6.45) is 0. The van der Waals surface area contributed by atoms with Crippen LogP contribution in [0.3, 0.4) is 0 Å². The molecule has 0 unspecified atom stereocenters. The average Bonchev–Trinajstić information content (AvgIpc) is 3.22. The molecule has 0 saturated heterocycles. The number of fused-ring (bicyclic) bond motifs is 1. The maximum atomic E-state index is 4.89. The van der Waals surface area contributed by atoms with E-state index in [4.69, 9.17) is 10.2 Å². The minimum Gasteiger partial charge on any atom is -0.150 e. The molecule has 0 amide bonds. The number of hydrogen-bond acceptors (Lipinski definition) is 2. The van der Waals surface area contributed by atoms with Crippen LogP contribution in [0.2, 0.25) is 0 Å². The Morgan fingerprint density at radius 1 is 0.545 bits per heavy atom. The second-order valence-electron chi connectivity index (χ2n) is 9.22. The van der Waals surface area contributed by atoms with Gasteiger partial charge in [-0.25, -0.2) is 0 Å². The summed E-state index contributed by atoms with van der Waals surface area (Å²) in [5.74, 6) is 0.142. The summed E-state index contributed by atoms with van der Waals surface area (Å²) in [6.45, 7) is 10.6. The standard InChI is InChI=1S/C30H29N3/c1-19-6-10-24(11-7-19)30(25-12-8-20(2)9-13-25)26-14-15-27-28(18-26)32-33(31-27)29-17-21(3)16-22(4)23(29)5/h6-18,30H,1-5H3. The number of aromatic nitrogens is 3. The SMILES string of the molecule is Cc1ccc(C(c2ccc(C)cc2)c2ccc3nn(-c4cc(C)cc(C)c4C)nc3c2)cc1. The van der Waals surface area contributed by atoms with Crippen LogP contribution < -0.4 is 0 Å². The Morgan fingerprint density at radius 3 is 1.70 bits per heavy atom. The van der Waals surface area contributed by atoms with Crippen LogP contribution in [0.4, 0.5) is 0 Å². The fourth-order valence-electron chi connectivity index (χ4n) is 4.54. The number of hydrogen-bond donors (Lipinski definition) is 0. The Labute approximate surface area is 195 Å². The molecule has 0 atom stereocenters. The zero-order valence-electron chi connectivity index (χ0n) is 19.9. The van der Waals surface area contributed by atoms with E-state index in [0.29, 0.717) is 0 Å². The monoisotopic (exact) mass is 431 g/mol. The van der Waals surface area contributed by atoms with Gasteiger partial charge in [0.05, 0.1) is 5.69 Å². The summed E-state index contributed by atoms with van der Waals surface area (Å²) in [5, 5.41) is 9.69. The molecule has 33 heavy (non-hydrogen) atoms. The number of benzene rings is 4. The molecule has 3 nitrogen and oxygen atoms in total. The summed E-state index contributed by atoms with van der Waals surface area (Å²) in [7, 11) is 0. The molecule has 1 heterocycles. The van der Waals surface area contributed by atoms with Gasteiger partial charge in [-0.1, -0.05) is 71.8 Å². The van der Waals surface area contributed by atoms with Gasteiger partial charge in [0, 0.05) is 5.92 Å². The van der Waals surface area contributed by atoms with E-state index < -0.39 is 0 Å². The first-order valence-corrected chi connectivity index (χ1v) is 11.5. The zero-order chi connectivity index (χ0) is 23.1. The highest BCUT2D eigenvalue weighted by atomic mass is 15.5. The Hall–Kier alpha value is -3.72. The highest BCUT2D eigenvalue weighted by Gasteiger charge is 2.19. The maximum absolute atomic E-state index is 4.89. The predicted octanol–water partition coefficient (Wildman–Crippen LogP) is 7.14. The van der Waals surface area contributed by atoms with Crippen molar-refractivity contribution >= 4 is 11.0 Å². The van der Waals surface area contributed by atoms with Crippen molar-refractivity contribution in [2.45, 2.75) is 40.5 Å². The number of aryl methyl sites for hydroxylation is 4. The molecule has 0 radical (unpaired) electrons. The Kier molecular flexibility index (Phi) is 5.33. The lowest BCUT2D eigenvalue weighted by Gasteiger charge is -2.19. The van der Waals surface area contributed by atoms with Gasteiger partial charge in [0.1, 0.15) is 11.0 Å². The van der Waals surface area contributed by atoms with Crippen molar-refractivity contribution in [3.8, 4) is 5.69 Å². The summed E-state index contributed by atoms with van der Waals surface area (Å²) in [5.41, 5.74) is 12.9. The lowest BCUT2D eigenvalue weighted by Crippen LogP contribution is -2.04. The van der Waals surface area contributed by atoms with E-state index in [-0.39, 0.29) is 5.92 Å². The van der Waals surface area contributed by atoms with Crippen molar-refractivity contribution in [3.63, 3.8) is 0 Å². The van der Waals surface area contributed by atoms with E-state index in [9.17, 15) is 0 Å². The molecule has 164 valence electrons. The highest BCUT2D eigenvalue weighted by Crippen LogP contribution is 2.33. The van der Waals surface area contributed by atoms with E-state index in [1.807, 2.05) is 0 Å². The van der Waals surface area contributed by atoms with Gasteiger partial charge in [-0.05, 0) is 86.2 Å². The summed E-state index contributed by atoms with van der Waals surface area (Å²) >= 11 is 0. The molecule has 0 aliphatic heterocycles. The molecular weight excluding hydrogens is 402 g/mol. The minimum absolute atomic E-state index is 0.142. The normalized spacial score (nSPS) is 11.5. The van der Waals surface area contributed by atoms with Crippen LogP contribution >= 0.6 is 0 Å². The van der Waals surface area contributed by atoms with E-state index in [1.165, 1.54) is 44.5 Å². The summed E-state index contributed by atoms with van der Waals surface area (Å²) in [6, 6.07) is 28.5. The Bertz CT molecular complexity index is 1400. The number of nitrogens with zero attached hydrogens (tertiary/aromatic N) is 3. The quantitative estimate of drug-likeness (QED) is 0.283. The molecule has 0 spiro atoms. The lowest BCUT2D eigenvalue weighted by molar-refractivity contribution is 0.758. The van der Waals surface area contributed by atoms with Crippen LogP contribution in [0.15, 0.2) is 78.9 Å².